The highest BCUT2D eigenvalue weighted by Gasteiger charge is 2.43. The van der Waals surface area contributed by atoms with Crippen molar-refractivity contribution in [3.8, 4) is 17.2 Å². The maximum Gasteiger partial charge on any atom is 0.298 e. The number of nitrogens with two attached hydrogens (primary N) is 1. The van der Waals surface area contributed by atoms with Gasteiger partial charge in [-0.05, 0) is 104 Å². The van der Waals surface area contributed by atoms with Crippen LogP contribution >= 0.6 is 0 Å². The van der Waals surface area contributed by atoms with Crippen molar-refractivity contribution >= 4 is 19.7 Å². The fourth-order valence-electron chi connectivity index (χ4n) is 8.35. The molecule has 2 aromatic carbocycles. The number of aryl methyl sites for hydroxylation is 1. The van der Waals surface area contributed by atoms with Gasteiger partial charge in [-0.1, -0.05) is 77.4 Å². The molecule has 2 fully saturated rings. The van der Waals surface area contributed by atoms with Gasteiger partial charge in [0, 0.05) is 17.3 Å². The number of carbonyl (C=O) groups is 1. The van der Waals surface area contributed by atoms with E-state index in [0.717, 1.165) is 41.6 Å². The summed E-state index contributed by atoms with van der Waals surface area (Å²) >= 11 is 0. The van der Waals surface area contributed by atoms with E-state index in [1.165, 1.54) is 61.8 Å². The minimum atomic E-state index is -1.75. The molecular formula is C38H55N3O2Si. The van der Waals surface area contributed by atoms with E-state index in [2.05, 4.69) is 87.5 Å². The van der Waals surface area contributed by atoms with Crippen molar-refractivity contribution in [1.29, 1.82) is 0 Å². The summed E-state index contributed by atoms with van der Waals surface area (Å²) in [5.41, 5.74) is 16.4. The number of ether oxygens (including phenoxy) is 1. The number of hydrogen-bond acceptors (Lipinski definition) is 4. The molecule has 5 rings (SSSR count). The van der Waals surface area contributed by atoms with Crippen molar-refractivity contribution in [2.75, 3.05) is 12.4 Å². The van der Waals surface area contributed by atoms with Crippen molar-refractivity contribution < 1.29 is 9.53 Å². The van der Waals surface area contributed by atoms with Gasteiger partial charge in [-0.25, -0.2) is 0 Å². The summed E-state index contributed by atoms with van der Waals surface area (Å²) < 4.78 is 5.63. The molecule has 5 nitrogen and oxygen atoms in total. The van der Waals surface area contributed by atoms with E-state index >= 15 is 0 Å². The van der Waals surface area contributed by atoms with Gasteiger partial charge in [0.2, 0.25) is 0 Å². The molecule has 0 spiro atoms. The monoisotopic (exact) mass is 613 g/mol. The van der Waals surface area contributed by atoms with Gasteiger partial charge in [0.1, 0.15) is 13.8 Å². The molecule has 2 aliphatic carbocycles. The highest BCUT2D eigenvalue weighted by atomic mass is 28.3. The number of amides is 1. The highest BCUT2D eigenvalue weighted by molar-refractivity contribution is 6.84. The molecule has 238 valence electrons. The zero-order valence-electron chi connectivity index (χ0n) is 28.3. The van der Waals surface area contributed by atoms with Gasteiger partial charge in [0.15, 0.2) is 0 Å². The van der Waals surface area contributed by atoms with E-state index in [1.54, 1.807) is 7.11 Å². The first-order valence-electron chi connectivity index (χ1n) is 17.1. The zero-order valence-corrected chi connectivity index (χ0v) is 29.3. The van der Waals surface area contributed by atoms with Gasteiger partial charge in [0.25, 0.3) is 5.91 Å². The third-order valence-electron chi connectivity index (χ3n) is 10.4. The third-order valence-corrected chi connectivity index (χ3v) is 11.3. The van der Waals surface area contributed by atoms with Crippen LogP contribution in [0.5, 0.6) is 5.75 Å². The van der Waals surface area contributed by atoms with Crippen LogP contribution in [0, 0.1) is 30.2 Å². The number of nitrogens with zero attached hydrogens (tertiary/aromatic N) is 1. The average molecular weight is 614 g/mol. The number of fused-ring (bicyclic) bond motifs is 3. The van der Waals surface area contributed by atoms with E-state index < -0.39 is 8.07 Å². The summed E-state index contributed by atoms with van der Waals surface area (Å²) in [5, 5.41) is 4.10. The Balaban J connectivity index is 1.57. The maximum atomic E-state index is 14.2. The number of anilines is 1. The first-order valence-corrected chi connectivity index (χ1v) is 20.6. The SMILES string of the molecule is CCCC(N)[C@H]1Cc2cc(OC)ccc2[C@H](c2ccc(NC34CCCC(CC(CC)C3)C4)c(C)c2)N1C(=O)C#C[Si](C)(C)C. The molecule has 6 atom stereocenters. The maximum absolute atomic E-state index is 14.2. The lowest BCUT2D eigenvalue weighted by Crippen LogP contribution is -2.55. The van der Waals surface area contributed by atoms with E-state index in [0.29, 0.717) is 6.42 Å². The molecule has 44 heavy (non-hydrogen) atoms. The molecule has 0 radical (unpaired) electrons. The van der Waals surface area contributed by atoms with E-state index in [9.17, 15) is 4.79 Å². The lowest BCUT2D eigenvalue weighted by Gasteiger charge is -2.49. The van der Waals surface area contributed by atoms with Crippen LogP contribution in [-0.2, 0) is 11.2 Å². The molecule has 2 aromatic rings. The number of rotatable bonds is 8. The molecular weight excluding hydrogens is 559 g/mol. The molecule has 1 heterocycles. The second-order valence-corrected chi connectivity index (χ2v) is 19.8. The van der Waals surface area contributed by atoms with Gasteiger partial charge in [-0.15, -0.1) is 5.54 Å². The van der Waals surface area contributed by atoms with Gasteiger partial charge in [-0.2, -0.15) is 0 Å². The second-order valence-electron chi connectivity index (χ2n) is 15.1. The van der Waals surface area contributed by atoms with E-state index in [1.807, 2.05) is 11.0 Å². The van der Waals surface area contributed by atoms with Crippen molar-refractivity contribution in [1.82, 2.24) is 4.90 Å². The minimum absolute atomic E-state index is 0.116. The van der Waals surface area contributed by atoms with Crippen LogP contribution in [0.1, 0.15) is 99.9 Å². The largest absolute Gasteiger partial charge is 0.497 e. The van der Waals surface area contributed by atoms with Crippen molar-refractivity contribution in [3.63, 3.8) is 0 Å². The summed E-state index contributed by atoms with van der Waals surface area (Å²) in [6, 6.07) is 12.6. The van der Waals surface area contributed by atoms with Crippen LogP contribution in [0.4, 0.5) is 5.69 Å². The van der Waals surface area contributed by atoms with Crippen molar-refractivity contribution in [2.24, 2.45) is 17.6 Å². The number of methoxy groups -OCH3 is 1. The van der Waals surface area contributed by atoms with Gasteiger partial charge in [0.05, 0.1) is 19.2 Å². The Kier molecular flexibility index (Phi) is 9.87. The third kappa shape index (κ3) is 7.05. The number of nitrogens with one attached hydrogen (secondary N) is 1. The standard InChI is InChI=1S/C38H55N3O2Si/c1-8-11-33(39)35-23-30-22-31(43-4)14-15-32(30)37(41(35)36(42)17-19-44(5,6)7)29-13-16-34(26(3)20-29)40-38-18-10-12-28(25-38)21-27(9-2)24-38/h13-16,20,22,27-28,33,35,37,40H,8-12,18,21,23-25,39H2,1-7H3/t27?,28?,33?,35-,37+,38?/m1/s1. The van der Waals surface area contributed by atoms with Gasteiger partial charge < -0.3 is 20.7 Å². The molecule has 3 N–H and O–H groups in total. The lowest BCUT2D eigenvalue weighted by atomic mass is 9.63. The fraction of sp³-hybridized carbons (Fsp3) is 0.605. The summed E-state index contributed by atoms with van der Waals surface area (Å²) in [4.78, 5) is 16.2. The topological polar surface area (TPSA) is 67.6 Å². The zero-order chi connectivity index (χ0) is 31.6. The Hall–Kier alpha value is -2.75. The molecule has 6 heteroatoms. The summed E-state index contributed by atoms with van der Waals surface area (Å²) in [6.45, 7) is 13.3. The molecule has 2 saturated carbocycles. The smallest absolute Gasteiger partial charge is 0.298 e. The molecule has 4 unspecified atom stereocenters. The summed E-state index contributed by atoms with van der Waals surface area (Å²) in [5.74, 6) is 5.48. The summed E-state index contributed by atoms with van der Waals surface area (Å²) in [7, 11) is -0.0443. The highest BCUT2D eigenvalue weighted by Crippen LogP contribution is 2.48. The first kappa shape index (κ1) is 32.6. The van der Waals surface area contributed by atoms with Crippen LogP contribution in [-0.4, -0.2) is 43.6 Å². The first-order chi connectivity index (χ1) is 21.0. The molecule has 1 aliphatic heterocycles. The predicted molar refractivity (Wildman–Crippen MR) is 186 cm³/mol. The van der Waals surface area contributed by atoms with Crippen LogP contribution in [0.15, 0.2) is 36.4 Å². The Morgan fingerprint density at radius 1 is 1.18 bits per heavy atom. The van der Waals surface area contributed by atoms with Crippen LogP contribution in [0.25, 0.3) is 0 Å². The Morgan fingerprint density at radius 2 is 1.98 bits per heavy atom. The van der Waals surface area contributed by atoms with Crippen molar-refractivity contribution in [3.05, 3.63) is 58.7 Å². The number of benzene rings is 2. The number of carbonyl (C=O) groups excluding carboxylic acids is 1. The Bertz CT molecular complexity index is 1410. The van der Waals surface area contributed by atoms with Crippen LogP contribution < -0.4 is 15.8 Å². The van der Waals surface area contributed by atoms with Crippen LogP contribution in [0.2, 0.25) is 19.6 Å². The quantitative estimate of drug-likeness (QED) is 0.234. The Morgan fingerprint density at radius 3 is 2.66 bits per heavy atom. The van der Waals surface area contributed by atoms with E-state index in [-0.39, 0.29) is 29.6 Å². The van der Waals surface area contributed by atoms with Crippen LogP contribution in [0.3, 0.4) is 0 Å². The molecule has 0 aromatic heterocycles. The number of hydrogen-bond donors (Lipinski definition) is 2. The Labute approximate surface area is 267 Å². The fourth-order valence-corrected chi connectivity index (χ4v) is 8.83. The van der Waals surface area contributed by atoms with Crippen molar-refractivity contribution in [2.45, 2.75) is 128 Å². The molecule has 3 aliphatic rings. The van der Waals surface area contributed by atoms with E-state index in [4.69, 9.17) is 10.5 Å². The summed E-state index contributed by atoms with van der Waals surface area (Å²) in [6.07, 6.45) is 11.7. The molecule has 2 bridgehead atoms. The minimum Gasteiger partial charge on any atom is -0.497 e. The second kappa shape index (κ2) is 13.3. The van der Waals surface area contributed by atoms with Gasteiger partial charge >= 0.3 is 0 Å². The normalized spacial score (nSPS) is 27.0. The van der Waals surface area contributed by atoms with Gasteiger partial charge in [-0.3, -0.25) is 4.79 Å². The molecule has 1 amide bonds. The molecule has 0 saturated heterocycles. The average Bonchev–Trinajstić information content (AvgIpc) is 2.99. The predicted octanol–water partition coefficient (Wildman–Crippen LogP) is 8.02. The lowest BCUT2D eigenvalue weighted by molar-refractivity contribution is -0.130.